The quantitative estimate of drug-likeness (QED) is 0.741. The summed E-state index contributed by atoms with van der Waals surface area (Å²) in [4.78, 5) is 13.0. The van der Waals surface area contributed by atoms with Crippen LogP contribution < -0.4 is 5.32 Å². The monoisotopic (exact) mass is 238 g/mol. The van der Waals surface area contributed by atoms with Gasteiger partial charge in [-0.25, -0.2) is 4.79 Å². The lowest BCUT2D eigenvalue weighted by atomic mass is 10.4. The number of carbonyl (C=O) groups is 1. The highest BCUT2D eigenvalue weighted by atomic mass is 16.4. The van der Waals surface area contributed by atoms with Gasteiger partial charge >= 0.3 is 5.97 Å². The zero-order valence-corrected chi connectivity index (χ0v) is 9.82. The van der Waals surface area contributed by atoms with E-state index in [9.17, 15) is 4.79 Å². The van der Waals surface area contributed by atoms with Crippen molar-refractivity contribution in [3.63, 3.8) is 0 Å². The van der Waals surface area contributed by atoms with E-state index in [1.54, 1.807) is 6.07 Å². The average Bonchev–Trinajstić information content (AvgIpc) is 2.96. The molecule has 2 rings (SSSR count). The third kappa shape index (κ3) is 3.49. The molecule has 1 saturated heterocycles. The van der Waals surface area contributed by atoms with Crippen molar-refractivity contribution in [2.24, 2.45) is 0 Å². The maximum Gasteiger partial charge on any atom is 0.371 e. The van der Waals surface area contributed by atoms with E-state index in [2.05, 4.69) is 10.2 Å². The van der Waals surface area contributed by atoms with Gasteiger partial charge in [0.25, 0.3) is 0 Å². The molecule has 2 heterocycles. The van der Waals surface area contributed by atoms with Crippen LogP contribution >= 0.6 is 0 Å². The van der Waals surface area contributed by atoms with Crippen molar-refractivity contribution in [1.82, 2.24) is 4.90 Å². The number of furan rings is 1. The molecule has 2 N–H and O–H groups in total. The molecule has 1 fully saturated rings. The second-order valence-corrected chi connectivity index (χ2v) is 4.30. The van der Waals surface area contributed by atoms with Gasteiger partial charge in [-0.15, -0.1) is 0 Å². The van der Waals surface area contributed by atoms with Crippen molar-refractivity contribution in [3.8, 4) is 0 Å². The third-order valence-corrected chi connectivity index (χ3v) is 2.97. The Kier molecular flexibility index (Phi) is 4.03. The fourth-order valence-corrected chi connectivity index (χ4v) is 2.07. The number of nitrogens with one attached hydrogen (secondary N) is 1. The molecule has 1 aliphatic rings. The number of rotatable bonds is 6. The number of nitrogens with zero attached hydrogens (tertiary/aromatic N) is 1. The van der Waals surface area contributed by atoms with Gasteiger partial charge in [-0.3, -0.25) is 0 Å². The van der Waals surface area contributed by atoms with Crippen LogP contribution in [0.4, 0.5) is 5.88 Å². The van der Waals surface area contributed by atoms with Crippen LogP contribution in [0.1, 0.15) is 29.8 Å². The van der Waals surface area contributed by atoms with Crippen molar-refractivity contribution in [2.45, 2.75) is 19.3 Å². The Morgan fingerprint density at radius 1 is 1.41 bits per heavy atom. The largest absolute Gasteiger partial charge is 0.475 e. The molecule has 1 aromatic rings. The summed E-state index contributed by atoms with van der Waals surface area (Å²) in [7, 11) is 0. The predicted molar refractivity (Wildman–Crippen MR) is 64.4 cm³/mol. The summed E-state index contributed by atoms with van der Waals surface area (Å²) < 4.78 is 5.09. The Bertz CT molecular complexity index is 370. The normalized spacial score (nSPS) is 16.2. The molecule has 17 heavy (non-hydrogen) atoms. The molecule has 0 aromatic carbocycles. The van der Waals surface area contributed by atoms with Crippen LogP contribution in [0.3, 0.4) is 0 Å². The van der Waals surface area contributed by atoms with Crippen LogP contribution in [0.15, 0.2) is 16.5 Å². The van der Waals surface area contributed by atoms with Crippen molar-refractivity contribution in [1.29, 1.82) is 0 Å². The van der Waals surface area contributed by atoms with E-state index in [-0.39, 0.29) is 5.76 Å². The molecule has 0 spiro atoms. The second-order valence-electron chi connectivity index (χ2n) is 4.30. The molecule has 1 aromatic heterocycles. The third-order valence-electron chi connectivity index (χ3n) is 2.97. The van der Waals surface area contributed by atoms with Gasteiger partial charge in [0.05, 0.1) is 0 Å². The van der Waals surface area contributed by atoms with Gasteiger partial charge in [-0.05, 0) is 45.0 Å². The van der Waals surface area contributed by atoms with E-state index < -0.39 is 5.97 Å². The fourth-order valence-electron chi connectivity index (χ4n) is 2.07. The SMILES string of the molecule is O=C(O)c1ccc(NCCCN2CCCC2)o1. The van der Waals surface area contributed by atoms with E-state index in [1.807, 2.05) is 0 Å². The van der Waals surface area contributed by atoms with Crippen LogP contribution in [0.25, 0.3) is 0 Å². The summed E-state index contributed by atoms with van der Waals surface area (Å²) in [5.74, 6) is -0.522. The molecule has 0 radical (unpaired) electrons. The smallest absolute Gasteiger partial charge is 0.371 e. The lowest BCUT2D eigenvalue weighted by molar-refractivity contribution is 0.0663. The minimum absolute atomic E-state index is 0.0213. The van der Waals surface area contributed by atoms with Crippen LogP contribution in [-0.2, 0) is 0 Å². The van der Waals surface area contributed by atoms with E-state index >= 15 is 0 Å². The number of hydrogen-bond donors (Lipinski definition) is 2. The molecule has 0 saturated carbocycles. The summed E-state index contributed by atoms with van der Waals surface area (Å²) in [5, 5.41) is 11.8. The maximum atomic E-state index is 10.6. The molecule has 1 aliphatic heterocycles. The summed E-state index contributed by atoms with van der Waals surface area (Å²) in [5.41, 5.74) is 0. The molecule has 0 atom stereocenters. The Labute approximate surface area is 100 Å². The van der Waals surface area contributed by atoms with Crippen LogP contribution in [0.2, 0.25) is 0 Å². The van der Waals surface area contributed by atoms with Gasteiger partial charge in [0.15, 0.2) is 5.88 Å². The first-order valence-corrected chi connectivity index (χ1v) is 6.05. The van der Waals surface area contributed by atoms with Crippen molar-refractivity contribution < 1.29 is 14.3 Å². The highest BCUT2D eigenvalue weighted by molar-refractivity contribution is 5.84. The lowest BCUT2D eigenvalue weighted by Gasteiger charge is -2.13. The summed E-state index contributed by atoms with van der Waals surface area (Å²) in [6.07, 6.45) is 3.67. The first kappa shape index (κ1) is 12.0. The maximum absolute atomic E-state index is 10.6. The van der Waals surface area contributed by atoms with E-state index in [4.69, 9.17) is 9.52 Å². The van der Waals surface area contributed by atoms with Crippen LogP contribution in [-0.4, -0.2) is 42.2 Å². The molecule has 0 aliphatic carbocycles. The molecule has 0 bridgehead atoms. The van der Waals surface area contributed by atoms with E-state index in [1.165, 1.54) is 32.0 Å². The molecular weight excluding hydrogens is 220 g/mol. The zero-order valence-electron chi connectivity index (χ0n) is 9.82. The number of anilines is 1. The Hall–Kier alpha value is -1.49. The van der Waals surface area contributed by atoms with Gasteiger partial charge in [-0.2, -0.15) is 0 Å². The molecule has 0 unspecified atom stereocenters. The molecule has 5 nitrogen and oxygen atoms in total. The topological polar surface area (TPSA) is 65.7 Å². The lowest BCUT2D eigenvalue weighted by Crippen LogP contribution is -2.22. The minimum atomic E-state index is -1.03. The first-order valence-electron chi connectivity index (χ1n) is 6.05. The van der Waals surface area contributed by atoms with Crippen molar-refractivity contribution in [2.75, 3.05) is 31.5 Å². The standard InChI is InChI=1S/C12H18N2O3/c15-12(16)10-4-5-11(17-10)13-6-3-9-14-7-1-2-8-14/h4-5,13H,1-3,6-9H2,(H,15,16). The Morgan fingerprint density at radius 2 is 2.18 bits per heavy atom. The highest BCUT2D eigenvalue weighted by Crippen LogP contribution is 2.13. The number of aromatic carboxylic acids is 1. The zero-order chi connectivity index (χ0) is 12.1. The van der Waals surface area contributed by atoms with Crippen molar-refractivity contribution in [3.05, 3.63) is 17.9 Å². The Morgan fingerprint density at radius 3 is 2.82 bits per heavy atom. The summed E-state index contributed by atoms with van der Waals surface area (Å²) in [6, 6.07) is 3.12. The fraction of sp³-hybridized carbons (Fsp3) is 0.583. The molecular formula is C12H18N2O3. The number of hydrogen-bond acceptors (Lipinski definition) is 4. The highest BCUT2D eigenvalue weighted by Gasteiger charge is 2.11. The van der Waals surface area contributed by atoms with Crippen LogP contribution in [0, 0.1) is 0 Å². The second kappa shape index (κ2) is 5.72. The summed E-state index contributed by atoms with van der Waals surface area (Å²) >= 11 is 0. The summed E-state index contributed by atoms with van der Waals surface area (Å²) in [6.45, 7) is 4.33. The van der Waals surface area contributed by atoms with Gasteiger partial charge in [-0.1, -0.05) is 0 Å². The van der Waals surface area contributed by atoms with E-state index in [0.29, 0.717) is 5.88 Å². The minimum Gasteiger partial charge on any atom is -0.475 e. The Balaban J connectivity index is 1.65. The van der Waals surface area contributed by atoms with Crippen molar-refractivity contribution >= 4 is 11.9 Å². The predicted octanol–water partition coefficient (Wildman–Crippen LogP) is 1.88. The molecule has 5 heteroatoms. The average molecular weight is 238 g/mol. The van der Waals surface area contributed by atoms with Gasteiger partial charge in [0, 0.05) is 12.6 Å². The van der Waals surface area contributed by atoms with Gasteiger partial charge < -0.3 is 19.7 Å². The first-order chi connectivity index (χ1) is 8.25. The van der Waals surface area contributed by atoms with Crippen LogP contribution in [0.5, 0.6) is 0 Å². The molecule has 94 valence electrons. The van der Waals surface area contributed by atoms with Gasteiger partial charge in [0.2, 0.25) is 5.76 Å². The number of carboxylic acid groups (broad SMARTS) is 1. The number of carboxylic acids is 1. The number of likely N-dealkylation sites (tertiary alicyclic amines) is 1. The van der Waals surface area contributed by atoms with E-state index in [0.717, 1.165) is 19.5 Å². The van der Waals surface area contributed by atoms with Gasteiger partial charge in [0.1, 0.15) is 0 Å². The molecule has 0 amide bonds.